The number of hydrogen-bond donors (Lipinski definition) is 2. The van der Waals surface area contributed by atoms with Crippen molar-refractivity contribution in [1.29, 1.82) is 0 Å². The van der Waals surface area contributed by atoms with Gasteiger partial charge in [0.15, 0.2) is 28.1 Å². The summed E-state index contributed by atoms with van der Waals surface area (Å²) in [6.07, 6.45) is 3.78. The van der Waals surface area contributed by atoms with Gasteiger partial charge in [0.05, 0.1) is 28.4 Å². The number of benzene rings is 2. The van der Waals surface area contributed by atoms with Gasteiger partial charge in [-0.25, -0.2) is 0 Å². The molecule has 2 aromatic rings. The molecular formula is C22H26N2O5S. The van der Waals surface area contributed by atoms with Crippen LogP contribution in [0.4, 0.5) is 0 Å². The molecule has 0 aliphatic carbocycles. The normalized spacial score (nSPS) is 10.4. The smallest absolute Gasteiger partial charge is 0.250 e. The number of nitrogens with one attached hydrogen (secondary N) is 2. The zero-order valence-corrected chi connectivity index (χ0v) is 18.3. The number of carbonyl (C=O) groups is 1. The van der Waals surface area contributed by atoms with Gasteiger partial charge in [0.1, 0.15) is 0 Å². The molecule has 0 saturated heterocycles. The fourth-order valence-electron chi connectivity index (χ4n) is 2.68. The first-order valence-corrected chi connectivity index (χ1v) is 9.61. The number of thiocarbonyl (C=S) groups is 1. The molecule has 7 nitrogen and oxygen atoms in total. The minimum absolute atomic E-state index is 0.262. The highest BCUT2D eigenvalue weighted by Crippen LogP contribution is 2.28. The van der Waals surface area contributed by atoms with Crippen LogP contribution in [-0.4, -0.2) is 46.0 Å². The Labute approximate surface area is 182 Å². The third-order valence-corrected chi connectivity index (χ3v) is 4.47. The average molecular weight is 431 g/mol. The summed E-state index contributed by atoms with van der Waals surface area (Å²) in [4.78, 5) is 12.1. The summed E-state index contributed by atoms with van der Waals surface area (Å²) < 4.78 is 21.0. The molecule has 30 heavy (non-hydrogen) atoms. The zero-order valence-electron chi connectivity index (χ0n) is 17.5. The van der Waals surface area contributed by atoms with Crippen molar-refractivity contribution in [3.05, 3.63) is 53.6 Å². The Hall–Kier alpha value is -3.26. The van der Waals surface area contributed by atoms with Crippen molar-refractivity contribution in [3.63, 3.8) is 0 Å². The summed E-state index contributed by atoms with van der Waals surface area (Å²) in [7, 11) is 6.32. The molecule has 1 amide bonds. The van der Waals surface area contributed by atoms with E-state index in [0.29, 0.717) is 36.0 Å². The van der Waals surface area contributed by atoms with Crippen molar-refractivity contribution in [2.24, 2.45) is 0 Å². The van der Waals surface area contributed by atoms with Crippen LogP contribution in [0.15, 0.2) is 42.5 Å². The third kappa shape index (κ3) is 6.66. The number of rotatable bonds is 9. The molecule has 0 bridgehead atoms. The average Bonchev–Trinajstić information content (AvgIpc) is 2.77. The van der Waals surface area contributed by atoms with Crippen LogP contribution >= 0.6 is 12.2 Å². The van der Waals surface area contributed by atoms with Gasteiger partial charge in [-0.2, -0.15) is 0 Å². The highest BCUT2D eigenvalue weighted by Gasteiger charge is 2.06. The lowest BCUT2D eigenvalue weighted by atomic mass is 10.1. The van der Waals surface area contributed by atoms with E-state index in [9.17, 15) is 4.79 Å². The predicted molar refractivity (Wildman–Crippen MR) is 121 cm³/mol. The number of ether oxygens (including phenoxy) is 4. The first kappa shape index (κ1) is 23.0. The van der Waals surface area contributed by atoms with E-state index in [4.69, 9.17) is 31.2 Å². The Balaban J connectivity index is 1.82. The van der Waals surface area contributed by atoms with Crippen molar-refractivity contribution >= 4 is 29.3 Å². The maximum atomic E-state index is 12.1. The van der Waals surface area contributed by atoms with Gasteiger partial charge in [-0.3, -0.25) is 10.1 Å². The lowest BCUT2D eigenvalue weighted by Gasteiger charge is -2.11. The fraction of sp³-hybridized carbons (Fsp3) is 0.273. The molecule has 0 heterocycles. The molecule has 2 N–H and O–H groups in total. The van der Waals surface area contributed by atoms with E-state index in [0.717, 1.165) is 11.1 Å². The van der Waals surface area contributed by atoms with Gasteiger partial charge in [0.25, 0.3) is 0 Å². The van der Waals surface area contributed by atoms with Gasteiger partial charge < -0.3 is 24.3 Å². The van der Waals surface area contributed by atoms with Crippen LogP contribution in [-0.2, 0) is 11.2 Å². The maximum absolute atomic E-state index is 12.1. The molecule has 0 atom stereocenters. The third-order valence-electron chi connectivity index (χ3n) is 4.22. The summed E-state index contributed by atoms with van der Waals surface area (Å²) in [6.45, 7) is 0.563. The van der Waals surface area contributed by atoms with Gasteiger partial charge in [-0.05, 0) is 60.1 Å². The van der Waals surface area contributed by atoms with Crippen molar-refractivity contribution in [1.82, 2.24) is 10.6 Å². The highest BCUT2D eigenvalue weighted by atomic mass is 32.1. The molecule has 2 aromatic carbocycles. The van der Waals surface area contributed by atoms with Gasteiger partial charge >= 0.3 is 0 Å². The van der Waals surface area contributed by atoms with Gasteiger partial charge in [0.2, 0.25) is 5.91 Å². The van der Waals surface area contributed by atoms with Gasteiger partial charge in [-0.1, -0.05) is 12.1 Å². The molecule has 0 spiro atoms. The maximum Gasteiger partial charge on any atom is 0.250 e. The molecule has 8 heteroatoms. The Bertz CT molecular complexity index is 914. The lowest BCUT2D eigenvalue weighted by molar-refractivity contribution is -0.115. The van der Waals surface area contributed by atoms with E-state index in [2.05, 4.69) is 10.6 Å². The summed E-state index contributed by atoms with van der Waals surface area (Å²) in [5, 5.41) is 5.90. The van der Waals surface area contributed by atoms with Crippen molar-refractivity contribution < 1.29 is 23.7 Å². The highest BCUT2D eigenvalue weighted by molar-refractivity contribution is 7.80. The summed E-state index contributed by atoms with van der Waals surface area (Å²) >= 11 is 5.18. The van der Waals surface area contributed by atoms with Crippen LogP contribution in [0.5, 0.6) is 23.0 Å². The molecule has 0 aliphatic rings. The van der Waals surface area contributed by atoms with Crippen LogP contribution in [0.2, 0.25) is 0 Å². The van der Waals surface area contributed by atoms with Crippen molar-refractivity contribution in [3.8, 4) is 23.0 Å². The summed E-state index contributed by atoms with van der Waals surface area (Å²) in [5.74, 6) is 2.24. The molecule has 0 fully saturated rings. The first-order valence-electron chi connectivity index (χ1n) is 9.20. The Kier molecular flexibility index (Phi) is 8.96. The monoisotopic (exact) mass is 430 g/mol. The second-order valence-electron chi connectivity index (χ2n) is 6.13. The van der Waals surface area contributed by atoms with Crippen LogP contribution in [0, 0.1) is 0 Å². The van der Waals surface area contributed by atoms with E-state index < -0.39 is 0 Å². The van der Waals surface area contributed by atoms with E-state index in [1.165, 1.54) is 6.08 Å². The molecule has 0 saturated carbocycles. The minimum atomic E-state index is -0.326. The molecule has 0 aromatic heterocycles. The second kappa shape index (κ2) is 11.7. The molecule has 160 valence electrons. The van der Waals surface area contributed by atoms with Crippen LogP contribution in [0.25, 0.3) is 6.08 Å². The van der Waals surface area contributed by atoms with Gasteiger partial charge in [0, 0.05) is 12.6 Å². The number of carbonyl (C=O) groups excluding carboxylic acids is 1. The van der Waals surface area contributed by atoms with E-state index >= 15 is 0 Å². The van der Waals surface area contributed by atoms with Crippen LogP contribution in [0.3, 0.4) is 0 Å². The Morgan fingerprint density at radius 3 is 2.13 bits per heavy atom. The molecule has 0 aliphatic heterocycles. The van der Waals surface area contributed by atoms with Crippen molar-refractivity contribution in [2.45, 2.75) is 6.42 Å². The minimum Gasteiger partial charge on any atom is -0.493 e. The number of methoxy groups -OCH3 is 4. The Morgan fingerprint density at radius 2 is 1.50 bits per heavy atom. The zero-order chi connectivity index (χ0) is 21.9. The van der Waals surface area contributed by atoms with E-state index in [-0.39, 0.29) is 11.0 Å². The molecule has 2 rings (SSSR count). The summed E-state index contributed by atoms with van der Waals surface area (Å²) in [6, 6.07) is 11.1. The first-order chi connectivity index (χ1) is 14.5. The molecule has 0 unspecified atom stereocenters. The number of hydrogen-bond acceptors (Lipinski definition) is 6. The predicted octanol–water partition coefficient (Wildman–Crippen LogP) is 2.97. The van der Waals surface area contributed by atoms with Gasteiger partial charge in [-0.15, -0.1) is 0 Å². The van der Waals surface area contributed by atoms with Crippen LogP contribution < -0.4 is 29.6 Å². The lowest BCUT2D eigenvalue weighted by Crippen LogP contribution is -2.39. The standard InChI is InChI=1S/C22H26N2O5S/c1-26-17-8-5-15(13-19(17)28-3)7-10-21(25)24-22(30)23-12-11-16-6-9-18(27-2)20(14-16)29-4/h5-10,13-14H,11-12H2,1-4H3,(H2,23,24,25,30). The summed E-state index contributed by atoms with van der Waals surface area (Å²) in [5.41, 5.74) is 1.86. The number of amides is 1. The molecule has 0 radical (unpaired) electrons. The topological polar surface area (TPSA) is 78.1 Å². The second-order valence-corrected chi connectivity index (χ2v) is 6.54. The quantitative estimate of drug-likeness (QED) is 0.468. The largest absolute Gasteiger partial charge is 0.493 e. The Morgan fingerprint density at radius 1 is 0.900 bits per heavy atom. The van der Waals surface area contributed by atoms with Crippen molar-refractivity contribution in [2.75, 3.05) is 35.0 Å². The van der Waals surface area contributed by atoms with E-state index in [1.54, 1.807) is 46.6 Å². The van der Waals surface area contributed by atoms with E-state index in [1.807, 2.05) is 24.3 Å². The van der Waals surface area contributed by atoms with Crippen LogP contribution in [0.1, 0.15) is 11.1 Å². The fourth-order valence-corrected chi connectivity index (χ4v) is 2.89. The molecular weight excluding hydrogens is 404 g/mol. The SMILES string of the molecule is COc1ccc(C=CC(=O)NC(=S)NCCc2ccc(OC)c(OC)c2)cc1OC.